The van der Waals surface area contributed by atoms with E-state index in [0.717, 1.165) is 18.4 Å². The zero-order valence-electron chi connectivity index (χ0n) is 16.6. The third-order valence-corrected chi connectivity index (χ3v) is 7.67. The Morgan fingerprint density at radius 3 is 2.24 bits per heavy atom. The second-order valence-corrected chi connectivity index (χ2v) is 9.67. The molecule has 0 radical (unpaired) electrons. The van der Waals surface area contributed by atoms with Gasteiger partial charge in [-0.3, -0.25) is 9.69 Å². The SMILES string of the molecule is C[C@H](C(=O)NC1CC1)N1CCN(S(=O)(=O)c2ccccc2-c2ccccc2)CC1. The van der Waals surface area contributed by atoms with Crippen molar-refractivity contribution in [3.05, 3.63) is 54.6 Å². The van der Waals surface area contributed by atoms with Crippen LogP contribution in [0.4, 0.5) is 0 Å². The average Bonchev–Trinajstić information content (AvgIpc) is 3.58. The van der Waals surface area contributed by atoms with Crippen molar-refractivity contribution in [2.75, 3.05) is 26.2 Å². The van der Waals surface area contributed by atoms with Gasteiger partial charge in [-0.15, -0.1) is 0 Å². The molecule has 1 aliphatic heterocycles. The molecule has 0 spiro atoms. The van der Waals surface area contributed by atoms with Crippen molar-refractivity contribution in [1.82, 2.24) is 14.5 Å². The smallest absolute Gasteiger partial charge is 0.243 e. The normalized spacial score (nSPS) is 19.6. The number of amides is 1. The molecule has 6 nitrogen and oxygen atoms in total. The van der Waals surface area contributed by atoms with Crippen molar-refractivity contribution >= 4 is 15.9 Å². The van der Waals surface area contributed by atoms with E-state index < -0.39 is 10.0 Å². The molecule has 7 heteroatoms. The first kappa shape index (κ1) is 20.1. The van der Waals surface area contributed by atoms with E-state index in [-0.39, 0.29) is 11.9 Å². The number of carbonyl (C=O) groups excluding carboxylic acids is 1. The molecule has 0 unspecified atom stereocenters. The largest absolute Gasteiger partial charge is 0.352 e. The minimum absolute atomic E-state index is 0.0400. The van der Waals surface area contributed by atoms with Crippen LogP contribution in [0.15, 0.2) is 59.5 Å². The Bertz CT molecular complexity index is 966. The first-order valence-electron chi connectivity index (χ1n) is 10.2. The van der Waals surface area contributed by atoms with Crippen molar-refractivity contribution in [1.29, 1.82) is 0 Å². The molecule has 1 heterocycles. The Balaban J connectivity index is 1.48. The monoisotopic (exact) mass is 413 g/mol. The van der Waals surface area contributed by atoms with Gasteiger partial charge in [-0.2, -0.15) is 4.31 Å². The van der Waals surface area contributed by atoms with Gasteiger partial charge in [0.1, 0.15) is 0 Å². The topological polar surface area (TPSA) is 69.7 Å². The Kier molecular flexibility index (Phi) is 5.72. The van der Waals surface area contributed by atoms with Crippen LogP contribution in [0.3, 0.4) is 0 Å². The van der Waals surface area contributed by atoms with Gasteiger partial charge < -0.3 is 5.32 Å². The zero-order valence-corrected chi connectivity index (χ0v) is 17.4. The molecule has 1 amide bonds. The maximum Gasteiger partial charge on any atom is 0.243 e. The summed E-state index contributed by atoms with van der Waals surface area (Å²) in [5, 5.41) is 3.03. The second-order valence-electron chi connectivity index (χ2n) is 7.76. The van der Waals surface area contributed by atoms with Gasteiger partial charge in [0.05, 0.1) is 10.9 Å². The van der Waals surface area contributed by atoms with Crippen LogP contribution in [0.25, 0.3) is 11.1 Å². The van der Waals surface area contributed by atoms with E-state index in [1.807, 2.05) is 49.4 Å². The fourth-order valence-electron chi connectivity index (χ4n) is 3.73. The highest BCUT2D eigenvalue weighted by Gasteiger charge is 2.34. The third kappa shape index (κ3) is 4.37. The fraction of sp³-hybridized carbons (Fsp3) is 0.409. The summed E-state index contributed by atoms with van der Waals surface area (Å²) in [6.45, 7) is 3.75. The summed E-state index contributed by atoms with van der Waals surface area (Å²) in [5.74, 6) is 0.0400. The summed E-state index contributed by atoms with van der Waals surface area (Å²) in [6.07, 6.45) is 2.12. The molecule has 0 bridgehead atoms. The predicted molar refractivity (Wildman–Crippen MR) is 113 cm³/mol. The number of nitrogens with zero attached hydrogens (tertiary/aromatic N) is 2. The molecule has 1 saturated heterocycles. The number of hydrogen-bond donors (Lipinski definition) is 1. The van der Waals surface area contributed by atoms with Gasteiger partial charge in [-0.25, -0.2) is 8.42 Å². The summed E-state index contributed by atoms with van der Waals surface area (Å²) in [6, 6.07) is 16.8. The van der Waals surface area contributed by atoms with Crippen molar-refractivity contribution in [3.63, 3.8) is 0 Å². The minimum Gasteiger partial charge on any atom is -0.352 e. The van der Waals surface area contributed by atoms with Crippen LogP contribution in [-0.2, 0) is 14.8 Å². The lowest BCUT2D eigenvalue weighted by Crippen LogP contribution is -2.55. The molecular formula is C22H27N3O3S. The van der Waals surface area contributed by atoms with Crippen LogP contribution < -0.4 is 5.32 Å². The van der Waals surface area contributed by atoms with Crippen LogP contribution >= 0.6 is 0 Å². The molecule has 2 aromatic carbocycles. The van der Waals surface area contributed by atoms with Crippen molar-refractivity contribution in [2.45, 2.75) is 36.7 Å². The van der Waals surface area contributed by atoms with E-state index in [4.69, 9.17) is 0 Å². The molecule has 4 rings (SSSR count). The van der Waals surface area contributed by atoms with Gasteiger partial charge >= 0.3 is 0 Å². The molecule has 1 atom stereocenters. The molecule has 29 heavy (non-hydrogen) atoms. The number of rotatable bonds is 6. The maximum atomic E-state index is 13.4. The highest BCUT2D eigenvalue weighted by molar-refractivity contribution is 7.89. The minimum atomic E-state index is -3.61. The zero-order chi connectivity index (χ0) is 20.4. The number of piperazine rings is 1. The number of benzene rings is 2. The van der Waals surface area contributed by atoms with Gasteiger partial charge in [0.15, 0.2) is 0 Å². The van der Waals surface area contributed by atoms with Crippen molar-refractivity contribution in [3.8, 4) is 11.1 Å². The van der Waals surface area contributed by atoms with Crippen molar-refractivity contribution in [2.24, 2.45) is 0 Å². The lowest BCUT2D eigenvalue weighted by molar-refractivity contribution is -0.126. The molecule has 154 valence electrons. The predicted octanol–water partition coefficient (Wildman–Crippen LogP) is 2.33. The quantitative estimate of drug-likeness (QED) is 0.789. The van der Waals surface area contributed by atoms with Gasteiger partial charge in [-0.05, 0) is 31.4 Å². The Morgan fingerprint density at radius 1 is 0.966 bits per heavy atom. The molecule has 1 saturated carbocycles. The number of carbonyl (C=O) groups is 1. The molecule has 0 aromatic heterocycles. The Morgan fingerprint density at radius 2 is 1.59 bits per heavy atom. The van der Waals surface area contributed by atoms with Crippen LogP contribution in [-0.4, -0.2) is 61.8 Å². The van der Waals surface area contributed by atoms with Crippen LogP contribution in [0.5, 0.6) is 0 Å². The van der Waals surface area contributed by atoms with E-state index in [1.54, 1.807) is 12.1 Å². The molecule has 2 aromatic rings. The molecule has 2 fully saturated rings. The number of nitrogens with one attached hydrogen (secondary N) is 1. The lowest BCUT2D eigenvalue weighted by atomic mass is 10.1. The fourth-order valence-corrected chi connectivity index (χ4v) is 5.37. The highest BCUT2D eigenvalue weighted by Crippen LogP contribution is 2.30. The highest BCUT2D eigenvalue weighted by atomic mass is 32.2. The van der Waals surface area contributed by atoms with Gasteiger partial charge in [0, 0.05) is 37.8 Å². The second kappa shape index (κ2) is 8.26. The molecule has 1 aliphatic carbocycles. The van der Waals surface area contributed by atoms with E-state index in [2.05, 4.69) is 10.2 Å². The van der Waals surface area contributed by atoms with Gasteiger partial charge in [0.25, 0.3) is 0 Å². The van der Waals surface area contributed by atoms with Gasteiger partial charge in [-0.1, -0.05) is 48.5 Å². The van der Waals surface area contributed by atoms with Gasteiger partial charge in [0.2, 0.25) is 15.9 Å². The molecular weight excluding hydrogens is 386 g/mol. The lowest BCUT2D eigenvalue weighted by Gasteiger charge is -2.37. The first-order valence-corrected chi connectivity index (χ1v) is 11.6. The van der Waals surface area contributed by atoms with Crippen LogP contribution in [0, 0.1) is 0 Å². The summed E-state index contributed by atoms with van der Waals surface area (Å²) in [4.78, 5) is 14.7. The molecule has 2 aliphatic rings. The number of sulfonamides is 1. The van der Waals surface area contributed by atoms with Crippen molar-refractivity contribution < 1.29 is 13.2 Å². The van der Waals surface area contributed by atoms with E-state index in [0.29, 0.717) is 42.7 Å². The summed E-state index contributed by atoms with van der Waals surface area (Å²) >= 11 is 0. The number of hydrogen-bond acceptors (Lipinski definition) is 4. The third-order valence-electron chi connectivity index (χ3n) is 5.71. The summed E-state index contributed by atoms with van der Waals surface area (Å²) in [7, 11) is -3.61. The summed E-state index contributed by atoms with van der Waals surface area (Å²) in [5.41, 5.74) is 1.60. The van der Waals surface area contributed by atoms with Crippen LogP contribution in [0.1, 0.15) is 19.8 Å². The average molecular weight is 414 g/mol. The van der Waals surface area contributed by atoms with E-state index in [1.165, 1.54) is 4.31 Å². The maximum absolute atomic E-state index is 13.4. The Hall–Kier alpha value is -2.22. The van der Waals surface area contributed by atoms with E-state index in [9.17, 15) is 13.2 Å². The van der Waals surface area contributed by atoms with Crippen LogP contribution in [0.2, 0.25) is 0 Å². The summed E-state index contributed by atoms with van der Waals surface area (Å²) < 4.78 is 28.3. The van der Waals surface area contributed by atoms with E-state index >= 15 is 0 Å². The molecule has 1 N–H and O–H groups in total. The first-order chi connectivity index (χ1) is 14.0. The standard InChI is InChI=1S/C22H27N3O3S/c1-17(22(26)23-19-11-12-19)24-13-15-25(16-14-24)29(27,28)21-10-6-5-9-20(21)18-7-3-2-4-8-18/h2-10,17,19H,11-16H2,1H3,(H,23,26)/t17-/m1/s1. The Labute approximate surface area is 172 Å².